The molecule has 0 saturated carbocycles. The number of carbonyl (C=O) groups excluding carboxylic acids is 1. The van der Waals surface area contributed by atoms with E-state index in [1.807, 2.05) is 35.2 Å². The van der Waals surface area contributed by atoms with Gasteiger partial charge in [0.2, 0.25) is 5.95 Å². The first-order valence-corrected chi connectivity index (χ1v) is 10.8. The Morgan fingerprint density at radius 2 is 1.91 bits per heavy atom. The highest BCUT2D eigenvalue weighted by Crippen LogP contribution is 2.50. The molecule has 1 atom stereocenters. The molecule has 34 heavy (non-hydrogen) atoms. The third kappa shape index (κ3) is 3.63. The lowest BCUT2D eigenvalue weighted by atomic mass is 9.74. The predicted octanol–water partition coefficient (Wildman–Crippen LogP) is 3.41. The summed E-state index contributed by atoms with van der Waals surface area (Å²) < 4.78 is 3.09. The van der Waals surface area contributed by atoms with E-state index in [1.54, 1.807) is 16.8 Å². The minimum atomic E-state index is -0.372. The molecule has 0 unspecified atom stereocenters. The van der Waals surface area contributed by atoms with Crippen LogP contribution in [0.2, 0.25) is 5.02 Å². The quantitative estimate of drug-likeness (QED) is 0.430. The monoisotopic (exact) mass is 497 g/mol. The Morgan fingerprint density at radius 3 is 2.56 bits per heavy atom. The van der Waals surface area contributed by atoms with Crippen LogP contribution in [0.1, 0.15) is 43.0 Å². The SMILES string of the molecule is CC(=O)c1cnc(N)nc1N1CC(C)(C)[C@H]1c1nn2ccc(Cl)c2c(=O)n1-c1ccccc1.S. The topological polar surface area (TPSA) is 111 Å². The molecule has 11 heteroatoms. The second-order valence-corrected chi connectivity index (χ2v) is 9.24. The average molecular weight is 498 g/mol. The van der Waals surface area contributed by atoms with E-state index in [-0.39, 0.29) is 42.2 Å². The zero-order valence-electron chi connectivity index (χ0n) is 18.9. The van der Waals surface area contributed by atoms with E-state index in [4.69, 9.17) is 22.4 Å². The van der Waals surface area contributed by atoms with Crippen molar-refractivity contribution in [2.75, 3.05) is 17.2 Å². The zero-order valence-corrected chi connectivity index (χ0v) is 20.6. The number of nitrogens with zero attached hydrogens (tertiary/aromatic N) is 6. The molecule has 1 aromatic carbocycles. The molecule has 0 radical (unpaired) electrons. The fourth-order valence-electron chi connectivity index (χ4n) is 4.52. The van der Waals surface area contributed by atoms with E-state index in [2.05, 4.69) is 23.8 Å². The van der Waals surface area contributed by atoms with Gasteiger partial charge in [-0.15, -0.1) is 0 Å². The Hall–Kier alpha value is -3.37. The summed E-state index contributed by atoms with van der Waals surface area (Å²) >= 11 is 6.32. The van der Waals surface area contributed by atoms with Crippen LogP contribution in [0.3, 0.4) is 0 Å². The van der Waals surface area contributed by atoms with Crippen LogP contribution < -0.4 is 16.2 Å². The summed E-state index contributed by atoms with van der Waals surface area (Å²) in [5, 5.41) is 5.15. The molecule has 0 aliphatic carbocycles. The lowest BCUT2D eigenvalue weighted by Crippen LogP contribution is -2.58. The standard InChI is InChI=1S/C23H22ClN7O2.H2S/c1-13(32)15-11-26-22(25)27-19(15)29-12-23(2,3)18(29)20-28-30-10-9-16(24)17(30)21(33)31(20)14-7-5-4-6-8-14;/h4-11,18H,12H2,1-3H3,(H2,25,26,27);1H2/t18-;/m1./s1. The van der Waals surface area contributed by atoms with Gasteiger partial charge in [-0.3, -0.25) is 14.2 Å². The van der Waals surface area contributed by atoms with Crippen LogP contribution >= 0.6 is 25.1 Å². The Morgan fingerprint density at radius 1 is 1.21 bits per heavy atom. The molecule has 0 spiro atoms. The largest absolute Gasteiger partial charge is 0.368 e. The Balaban J connectivity index is 0.00000274. The highest BCUT2D eigenvalue weighted by atomic mass is 35.5. The third-order valence-electron chi connectivity index (χ3n) is 5.99. The number of halogens is 1. The molecular formula is C23H24ClN7O2S. The molecule has 4 heterocycles. The van der Waals surface area contributed by atoms with Gasteiger partial charge >= 0.3 is 0 Å². The van der Waals surface area contributed by atoms with Gasteiger partial charge in [0, 0.05) is 24.4 Å². The minimum absolute atomic E-state index is 0. The molecule has 2 N–H and O–H groups in total. The number of Topliss-reactive ketones (excluding diaryl/α,β-unsaturated/α-hetero) is 1. The predicted molar refractivity (Wildman–Crippen MR) is 136 cm³/mol. The summed E-state index contributed by atoms with van der Waals surface area (Å²) in [5.74, 6) is 0.835. The highest BCUT2D eigenvalue weighted by molar-refractivity contribution is 7.59. The number of para-hydroxylation sites is 1. The molecule has 5 rings (SSSR count). The van der Waals surface area contributed by atoms with Gasteiger partial charge in [-0.2, -0.15) is 23.6 Å². The highest BCUT2D eigenvalue weighted by Gasteiger charge is 2.51. The van der Waals surface area contributed by atoms with Crippen LogP contribution in [0.4, 0.5) is 11.8 Å². The first kappa shape index (κ1) is 23.8. The summed E-state index contributed by atoms with van der Waals surface area (Å²) in [6.45, 7) is 6.22. The van der Waals surface area contributed by atoms with E-state index in [0.717, 1.165) is 0 Å². The fraction of sp³-hybridized carbons (Fsp3) is 0.261. The maximum Gasteiger partial charge on any atom is 0.284 e. The van der Waals surface area contributed by atoms with Gasteiger partial charge in [-0.1, -0.05) is 43.6 Å². The molecule has 4 aromatic rings. The molecule has 9 nitrogen and oxygen atoms in total. The van der Waals surface area contributed by atoms with Gasteiger partial charge in [0.15, 0.2) is 11.6 Å². The smallest absolute Gasteiger partial charge is 0.284 e. The lowest BCUT2D eigenvalue weighted by Gasteiger charge is -2.54. The second-order valence-electron chi connectivity index (χ2n) is 8.83. The molecule has 1 aliphatic rings. The number of ketones is 1. The maximum atomic E-state index is 13.7. The molecule has 1 fully saturated rings. The number of hydrogen-bond donors (Lipinski definition) is 1. The van der Waals surface area contributed by atoms with E-state index in [9.17, 15) is 9.59 Å². The molecule has 3 aromatic heterocycles. The average Bonchev–Trinajstić information content (AvgIpc) is 3.13. The van der Waals surface area contributed by atoms with Crippen molar-refractivity contribution in [2.45, 2.75) is 26.8 Å². The zero-order chi connectivity index (χ0) is 23.5. The normalized spacial score (nSPS) is 16.7. The van der Waals surface area contributed by atoms with Crippen molar-refractivity contribution in [2.24, 2.45) is 5.41 Å². The summed E-state index contributed by atoms with van der Waals surface area (Å²) in [5.41, 5.74) is 6.63. The number of nitrogens with two attached hydrogens (primary N) is 1. The summed E-state index contributed by atoms with van der Waals surface area (Å²) in [6.07, 6.45) is 3.10. The summed E-state index contributed by atoms with van der Waals surface area (Å²) in [4.78, 5) is 36.3. The molecular weight excluding hydrogens is 474 g/mol. The van der Waals surface area contributed by atoms with Gasteiger partial charge < -0.3 is 10.6 Å². The molecule has 0 amide bonds. The van der Waals surface area contributed by atoms with Crippen molar-refractivity contribution in [1.29, 1.82) is 0 Å². The van der Waals surface area contributed by atoms with E-state index >= 15 is 0 Å². The van der Waals surface area contributed by atoms with Gasteiger partial charge in [0.05, 0.1) is 22.3 Å². The molecule has 0 bridgehead atoms. The van der Waals surface area contributed by atoms with Crippen molar-refractivity contribution in [3.63, 3.8) is 0 Å². The van der Waals surface area contributed by atoms with Crippen molar-refractivity contribution < 1.29 is 4.79 Å². The van der Waals surface area contributed by atoms with Crippen molar-refractivity contribution in [3.8, 4) is 5.69 Å². The van der Waals surface area contributed by atoms with Crippen LogP contribution in [0, 0.1) is 5.41 Å². The second kappa shape index (κ2) is 8.44. The number of benzene rings is 1. The molecule has 1 saturated heterocycles. The first-order valence-electron chi connectivity index (χ1n) is 10.4. The number of rotatable bonds is 4. The van der Waals surface area contributed by atoms with E-state index < -0.39 is 0 Å². The number of anilines is 2. The van der Waals surface area contributed by atoms with Gasteiger partial charge in [0.25, 0.3) is 5.56 Å². The Labute approximate surface area is 207 Å². The lowest BCUT2D eigenvalue weighted by molar-refractivity contribution is 0.101. The minimum Gasteiger partial charge on any atom is -0.368 e. The van der Waals surface area contributed by atoms with Crippen LogP contribution in [-0.2, 0) is 0 Å². The number of aromatic nitrogens is 5. The molecule has 1 aliphatic heterocycles. The Bertz CT molecular complexity index is 1470. The number of carbonyl (C=O) groups is 1. The first-order chi connectivity index (χ1) is 15.7. The van der Waals surface area contributed by atoms with Crippen LogP contribution in [0.15, 0.2) is 53.6 Å². The van der Waals surface area contributed by atoms with Gasteiger partial charge in [0.1, 0.15) is 11.3 Å². The number of nitrogen functional groups attached to an aromatic ring is 1. The maximum absolute atomic E-state index is 13.7. The number of hydrogen-bond acceptors (Lipinski definition) is 7. The van der Waals surface area contributed by atoms with Crippen LogP contribution in [0.5, 0.6) is 0 Å². The van der Waals surface area contributed by atoms with Crippen molar-refractivity contribution >= 4 is 48.2 Å². The van der Waals surface area contributed by atoms with Gasteiger partial charge in [-0.25, -0.2) is 9.50 Å². The summed E-state index contributed by atoms with van der Waals surface area (Å²) in [6, 6.07) is 10.6. The fourth-order valence-corrected chi connectivity index (χ4v) is 4.74. The third-order valence-corrected chi connectivity index (χ3v) is 6.29. The van der Waals surface area contributed by atoms with Crippen LogP contribution in [0.25, 0.3) is 11.2 Å². The van der Waals surface area contributed by atoms with E-state index in [1.165, 1.54) is 17.6 Å². The van der Waals surface area contributed by atoms with E-state index in [0.29, 0.717) is 40.0 Å². The van der Waals surface area contributed by atoms with Crippen LogP contribution in [-0.4, -0.2) is 36.5 Å². The number of fused-ring (bicyclic) bond motifs is 1. The van der Waals surface area contributed by atoms with Gasteiger partial charge in [-0.05, 0) is 25.1 Å². The van der Waals surface area contributed by atoms with Crippen molar-refractivity contribution in [3.05, 3.63) is 75.6 Å². The van der Waals surface area contributed by atoms with Crippen molar-refractivity contribution in [1.82, 2.24) is 24.1 Å². The molecule has 176 valence electrons. The summed E-state index contributed by atoms with van der Waals surface area (Å²) in [7, 11) is 0. The Kier molecular flexibility index (Phi) is 5.91.